The molecular weight excluding hydrogens is 371 g/mol. The Labute approximate surface area is 161 Å². The number of halogens is 1. The van der Waals surface area contributed by atoms with E-state index in [1.54, 1.807) is 23.1 Å². The fourth-order valence-corrected chi connectivity index (χ4v) is 3.89. The van der Waals surface area contributed by atoms with E-state index in [2.05, 4.69) is 9.64 Å². The Kier molecular flexibility index (Phi) is 6.08. The molecule has 1 fully saturated rings. The third kappa shape index (κ3) is 4.45. The van der Waals surface area contributed by atoms with Crippen LogP contribution in [0.1, 0.15) is 24.9 Å². The number of piperazine rings is 1. The molecule has 0 atom stereocenters. The van der Waals surface area contributed by atoms with Crippen LogP contribution in [0.5, 0.6) is 5.75 Å². The Hall–Kier alpha value is -2.45. The second-order valence-electron chi connectivity index (χ2n) is 6.19. The number of nitrogens with zero attached hydrogens (tertiary/aromatic N) is 2. The van der Waals surface area contributed by atoms with Crippen molar-refractivity contribution < 1.29 is 23.5 Å². The van der Waals surface area contributed by atoms with Crippen LogP contribution < -0.4 is 4.74 Å². The minimum Gasteiger partial charge on any atom is -0.494 e. The molecule has 0 N–H and O–H groups in total. The highest BCUT2D eigenvalue weighted by molar-refractivity contribution is 7.15. The highest BCUT2D eigenvalue weighted by Gasteiger charge is 2.24. The van der Waals surface area contributed by atoms with Crippen molar-refractivity contribution in [3.8, 4) is 5.75 Å². The molecule has 0 saturated carbocycles. The third-order valence-electron chi connectivity index (χ3n) is 4.49. The van der Waals surface area contributed by atoms with Gasteiger partial charge in [0.1, 0.15) is 4.88 Å². The summed E-state index contributed by atoms with van der Waals surface area (Å²) in [6.07, 6.45) is 0. The van der Waals surface area contributed by atoms with Crippen LogP contribution >= 0.6 is 11.3 Å². The lowest BCUT2D eigenvalue weighted by atomic mass is 10.1. The van der Waals surface area contributed by atoms with Gasteiger partial charge >= 0.3 is 5.97 Å². The third-order valence-corrected chi connectivity index (χ3v) is 5.54. The molecule has 1 aliphatic heterocycles. The number of thiophene rings is 1. The van der Waals surface area contributed by atoms with E-state index in [9.17, 15) is 14.0 Å². The molecule has 1 aromatic carbocycles. The topological polar surface area (TPSA) is 59.1 Å². The Morgan fingerprint density at radius 3 is 2.41 bits per heavy atom. The van der Waals surface area contributed by atoms with Gasteiger partial charge in [0.25, 0.3) is 5.91 Å². The molecule has 2 aromatic rings. The molecule has 0 radical (unpaired) electrons. The number of rotatable bonds is 5. The molecule has 27 heavy (non-hydrogen) atoms. The lowest BCUT2D eigenvalue weighted by Gasteiger charge is -2.34. The predicted molar refractivity (Wildman–Crippen MR) is 99.8 cm³/mol. The molecule has 1 aromatic heterocycles. The van der Waals surface area contributed by atoms with Gasteiger partial charge in [0, 0.05) is 32.7 Å². The van der Waals surface area contributed by atoms with Crippen LogP contribution in [0.4, 0.5) is 4.39 Å². The van der Waals surface area contributed by atoms with Gasteiger partial charge in [0.05, 0.1) is 19.1 Å². The number of amides is 1. The molecule has 0 aliphatic carbocycles. The van der Waals surface area contributed by atoms with E-state index in [4.69, 9.17) is 4.74 Å². The summed E-state index contributed by atoms with van der Waals surface area (Å²) in [6.45, 7) is 3.20. The number of hydrogen-bond acceptors (Lipinski definition) is 6. The van der Waals surface area contributed by atoms with Crippen LogP contribution in [-0.4, -0.2) is 62.1 Å². The van der Waals surface area contributed by atoms with Crippen molar-refractivity contribution in [1.29, 1.82) is 0 Å². The first-order valence-corrected chi connectivity index (χ1v) is 9.35. The van der Waals surface area contributed by atoms with Crippen LogP contribution in [0, 0.1) is 5.82 Å². The van der Waals surface area contributed by atoms with Crippen molar-refractivity contribution in [2.75, 3.05) is 40.4 Å². The summed E-state index contributed by atoms with van der Waals surface area (Å²) in [4.78, 5) is 29.0. The van der Waals surface area contributed by atoms with Gasteiger partial charge in [-0.25, -0.2) is 9.18 Å². The largest absolute Gasteiger partial charge is 0.494 e. The van der Waals surface area contributed by atoms with Gasteiger partial charge in [0.2, 0.25) is 0 Å². The average molecular weight is 392 g/mol. The number of benzene rings is 1. The number of ether oxygens (including phenoxy) is 2. The molecule has 0 spiro atoms. The summed E-state index contributed by atoms with van der Waals surface area (Å²) >= 11 is 1.14. The van der Waals surface area contributed by atoms with Crippen molar-refractivity contribution in [3.63, 3.8) is 0 Å². The molecule has 0 bridgehead atoms. The standard InChI is InChI=1S/C19H21FN2O4S/c1-25-15-4-3-13(11-14(15)20)12-21-7-9-22(10-8-21)18(23)16-5-6-17(27-16)19(24)26-2/h3-6,11H,7-10,12H2,1-2H3. The number of esters is 1. The van der Waals surface area contributed by atoms with Gasteiger partial charge in [-0.15, -0.1) is 11.3 Å². The number of carbonyl (C=O) groups is 2. The fourth-order valence-electron chi connectivity index (χ4n) is 2.99. The minimum absolute atomic E-state index is 0.0784. The summed E-state index contributed by atoms with van der Waals surface area (Å²) < 4.78 is 23.4. The Morgan fingerprint density at radius 1 is 1.07 bits per heavy atom. The second kappa shape index (κ2) is 8.49. The summed E-state index contributed by atoms with van der Waals surface area (Å²) in [7, 11) is 2.76. The first-order chi connectivity index (χ1) is 13.0. The van der Waals surface area contributed by atoms with Crippen LogP contribution in [0.3, 0.4) is 0 Å². The number of carbonyl (C=O) groups excluding carboxylic acids is 2. The van der Waals surface area contributed by atoms with E-state index in [-0.39, 0.29) is 17.5 Å². The van der Waals surface area contributed by atoms with Crippen molar-refractivity contribution in [1.82, 2.24) is 9.80 Å². The molecular formula is C19H21FN2O4S. The zero-order valence-electron chi connectivity index (χ0n) is 15.2. The maximum Gasteiger partial charge on any atom is 0.348 e. The number of hydrogen-bond donors (Lipinski definition) is 0. The molecule has 144 valence electrons. The minimum atomic E-state index is -0.435. The van der Waals surface area contributed by atoms with Gasteiger partial charge in [-0.2, -0.15) is 0 Å². The van der Waals surface area contributed by atoms with E-state index in [1.165, 1.54) is 20.3 Å². The lowest BCUT2D eigenvalue weighted by Crippen LogP contribution is -2.48. The Bertz CT molecular complexity index is 831. The van der Waals surface area contributed by atoms with Crippen molar-refractivity contribution >= 4 is 23.2 Å². The zero-order chi connectivity index (χ0) is 19.4. The zero-order valence-corrected chi connectivity index (χ0v) is 16.1. The first-order valence-electron chi connectivity index (χ1n) is 8.54. The molecule has 1 aliphatic rings. The van der Waals surface area contributed by atoms with Crippen molar-refractivity contribution in [2.45, 2.75) is 6.54 Å². The van der Waals surface area contributed by atoms with Gasteiger partial charge in [-0.1, -0.05) is 6.07 Å². The van der Waals surface area contributed by atoms with Gasteiger partial charge in [-0.3, -0.25) is 9.69 Å². The Morgan fingerprint density at radius 2 is 1.78 bits per heavy atom. The quantitative estimate of drug-likeness (QED) is 0.732. The van der Waals surface area contributed by atoms with E-state index >= 15 is 0 Å². The van der Waals surface area contributed by atoms with Gasteiger partial charge < -0.3 is 14.4 Å². The summed E-state index contributed by atoms with van der Waals surface area (Å²) in [5.41, 5.74) is 0.869. The van der Waals surface area contributed by atoms with Gasteiger partial charge in [-0.05, 0) is 29.8 Å². The molecule has 3 rings (SSSR count). The smallest absolute Gasteiger partial charge is 0.348 e. The summed E-state index contributed by atoms with van der Waals surface area (Å²) in [5, 5.41) is 0. The number of methoxy groups -OCH3 is 2. The van der Waals surface area contributed by atoms with E-state index in [0.29, 0.717) is 42.5 Å². The summed E-state index contributed by atoms with van der Waals surface area (Å²) in [5.74, 6) is -0.653. The first kappa shape index (κ1) is 19.3. The van der Waals surface area contributed by atoms with E-state index in [0.717, 1.165) is 16.9 Å². The maximum atomic E-state index is 13.8. The van der Waals surface area contributed by atoms with Crippen LogP contribution in [0.15, 0.2) is 30.3 Å². The SMILES string of the molecule is COC(=O)c1ccc(C(=O)N2CCN(Cc3ccc(OC)c(F)c3)CC2)s1. The maximum absolute atomic E-state index is 13.8. The highest BCUT2D eigenvalue weighted by Crippen LogP contribution is 2.21. The monoisotopic (exact) mass is 392 g/mol. The fraction of sp³-hybridized carbons (Fsp3) is 0.368. The summed E-state index contributed by atoms with van der Waals surface area (Å²) in [6, 6.07) is 8.22. The van der Waals surface area contributed by atoms with E-state index < -0.39 is 5.97 Å². The molecule has 2 heterocycles. The normalized spacial score (nSPS) is 14.9. The molecule has 6 nitrogen and oxygen atoms in total. The van der Waals surface area contributed by atoms with Crippen molar-refractivity contribution in [3.05, 3.63) is 51.5 Å². The predicted octanol–water partition coefficient (Wildman–Crippen LogP) is 2.64. The molecule has 8 heteroatoms. The van der Waals surface area contributed by atoms with Crippen LogP contribution in [-0.2, 0) is 11.3 Å². The molecule has 0 unspecified atom stereocenters. The average Bonchev–Trinajstić information content (AvgIpc) is 3.18. The second-order valence-corrected chi connectivity index (χ2v) is 7.28. The van der Waals surface area contributed by atoms with Crippen LogP contribution in [0.25, 0.3) is 0 Å². The lowest BCUT2D eigenvalue weighted by molar-refractivity contribution is 0.0605. The Balaban J connectivity index is 1.55. The van der Waals surface area contributed by atoms with Crippen LogP contribution in [0.2, 0.25) is 0 Å². The highest BCUT2D eigenvalue weighted by atomic mass is 32.1. The van der Waals surface area contributed by atoms with Crippen molar-refractivity contribution in [2.24, 2.45) is 0 Å². The molecule has 1 saturated heterocycles. The molecule has 1 amide bonds. The van der Waals surface area contributed by atoms with Gasteiger partial charge in [0.15, 0.2) is 11.6 Å². The van der Waals surface area contributed by atoms with E-state index in [1.807, 2.05) is 6.07 Å².